The average Bonchev–Trinajstić information content (AvgIpc) is 2.86. The van der Waals surface area contributed by atoms with Crippen molar-refractivity contribution in [3.05, 3.63) is 35.9 Å². The summed E-state index contributed by atoms with van der Waals surface area (Å²) in [6.45, 7) is 1.96. The van der Waals surface area contributed by atoms with Gasteiger partial charge in [0, 0.05) is 0 Å². The summed E-state index contributed by atoms with van der Waals surface area (Å²) >= 11 is 0. The van der Waals surface area contributed by atoms with Gasteiger partial charge in [-0.15, -0.1) is 0 Å². The van der Waals surface area contributed by atoms with Crippen LogP contribution in [-0.2, 0) is 33.0 Å². The second kappa shape index (κ2) is 5.97. The van der Waals surface area contributed by atoms with Gasteiger partial charge in [-0.1, -0.05) is 0 Å². The van der Waals surface area contributed by atoms with Gasteiger partial charge in [0.1, 0.15) is 0 Å². The molecular formula is C15H20F3O6P. The van der Waals surface area contributed by atoms with Gasteiger partial charge in [-0.2, -0.15) is 0 Å². The number of hydrogen-bond acceptors (Lipinski definition) is 6. The normalized spacial score (nSPS) is 32.7. The molecule has 1 aliphatic heterocycles. The summed E-state index contributed by atoms with van der Waals surface area (Å²) in [6.07, 6.45) is -5.05. The van der Waals surface area contributed by atoms with E-state index in [2.05, 4.69) is 0 Å². The van der Waals surface area contributed by atoms with Crippen molar-refractivity contribution >= 4 is 13.5 Å². The van der Waals surface area contributed by atoms with E-state index in [9.17, 15) is 18.0 Å². The van der Waals surface area contributed by atoms with Crippen molar-refractivity contribution in [3.8, 4) is 0 Å². The van der Waals surface area contributed by atoms with E-state index in [1.165, 1.54) is 30.3 Å². The van der Waals surface area contributed by atoms with Crippen LogP contribution in [0.4, 0.5) is 13.2 Å². The standard InChI is InChI=1S/C15H20F3O6P/c1-11(19)13(2)14(15(16,17)18,12-9-7-6-8-10-12)24-25(20-3,21-4,22-5)23-13/h6-10H,1-5H3. The van der Waals surface area contributed by atoms with Crippen LogP contribution < -0.4 is 0 Å². The number of carbonyl (C=O) groups is 1. The quantitative estimate of drug-likeness (QED) is 0.718. The van der Waals surface area contributed by atoms with Crippen LogP contribution in [0.2, 0.25) is 0 Å². The third-order valence-electron chi connectivity index (χ3n) is 4.44. The molecule has 1 fully saturated rings. The summed E-state index contributed by atoms with van der Waals surface area (Å²) in [5.41, 5.74) is -6.03. The molecule has 2 atom stereocenters. The molecule has 1 aromatic carbocycles. The molecule has 1 saturated heterocycles. The SMILES string of the molecule is COP1(OC)(OC)OC(C)(C(C)=O)C(c2ccccc2)(C(F)(F)F)O1. The molecule has 142 valence electrons. The van der Waals surface area contributed by atoms with Gasteiger partial charge in [-0.3, -0.25) is 0 Å². The molecule has 0 amide bonds. The Labute approximate surface area is 143 Å². The van der Waals surface area contributed by atoms with Crippen molar-refractivity contribution in [2.45, 2.75) is 31.2 Å². The first kappa shape index (κ1) is 20.2. The molecule has 6 nitrogen and oxygen atoms in total. The van der Waals surface area contributed by atoms with E-state index in [1.54, 1.807) is 0 Å². The summed E-state index contributed by atoms with van der Waals surface area (Å²) in [6, 6.07) is 6.71. The van der Waals surface area contributed by atoms with Crippen LogP contribution in [0.25, 0.3) is 0 Å². The molecule has 0 saturated carbocycles. The predicted octanol–water partition coefficient (Wildman–Crippen LogP) is 3.91. The third-order valence-corrected chi connectivity index (χ3v) is 7.46. The number of carbonyl (C=O) groups excluding carboxylic acids is 1. The van der Waals surface area contributed by atoms with E-state index in [-0.39, 0.29) is 5.56 Å². The van der Waals surface area contributed by atoms with Crippen LogP contribution in [0, 0.1) is 0 Å². The number of ketones is 1. The van der Waals surface area contributed by atoms with Crippen molar-refractivity contribution in [3.63, 3.8) is 0 Å². The molecule has 0 spiro atoms. The van der Waals surface area contributed by atoms with Crippen molar-refractivity contribution in [1.29, 1.82) is 0 Å². The summed E-state index contributed by atoms with van der Waals surface area (Å²) in [5, 5.41) is 0. The average molecular weight is 384 g/mol. The Kier molecular flexibility index (Phi) is 4.83. The van der Waals surface area contributed by atoms with Crippen LogP contribution in [0.3, 0.4) is 0 Å². The van der Waals surface area contributed by atoms with Crippen molar-refractivity contribution in [2.24, 2.45) is 0 Å². The number of halogens is 3. The van der Waals surface area contributed by atoms with Gasteiger partial charge in [0.25, 0.3) is 0 Å². The Hall–Kier alpha value is -1.09. The molecule has 0 aliphatic carbocycles. The van der Waals surface area contributed by atoms with E-state index < -0.39 is 30.9 Å². The second-order valence-corrected chi connectivity index (χ2v) is 8.56. The van der Waals surface area contributed by atoms with Gasteiger partial charge in [-0.25, -0.2) is 0 Å². The summed E-state index contributed by atoms with van der Waals surface area (Å²) in [4.78, 5) is 12.3. The van der Waals surface area contributed by atoms with E-state index >= 15 is 0 Å². The summed E-state index contributed by atoms with van der Waals surface area (Å²) in [7, 11) is -2.07. The molecule has 0 N–H and O–H groups in total. The Morgan fingerprint density at radius 1 is 1.04 bits per heavy atom. The zero-order valence-electron chi connectivity index (χ0n) is 14.4. The third kappa shape index (κ3) is 2.53. The van der Waals surface area contributed by atoms with Gasteiger partial charge in [-0.05, 0) is 0 Å². The molecule has 10 heteroatoms. The van der Waals surface area contributed by atoms with E-state index in [0.29, 0.717) is 0 Å². The maximum absolute atomic E-state index is 14.4. The molecule has 0 radical (unpaired) electrons. The number of alkyl halides is 3. The molecule has 25 heavy (non-hydrogen) atoms. The minimum atomic E-state index is -5.16. The minimum absolute atomic E-state index is 0.335. The predicted molar refractivity (Wildman–Crippen MR) is 83.4 cm³/mol. The fourth-order valence-corrected chi connectivity index (χ4v) is 5.55. The van der Waals surface area contributed by atoms with Crippen LogP contribution in [0.1, 0.15) is 19.4 Å². The van der Waals surface area contributed by atoms with Crippen molar-refractivity contribution in [1.82, 2.24) is 0 Å². The molecule has 1 aromatic rings. The summed E-state index contributed by atoms with van der Waals surface area (Å²) < 4.78 is 69.3. The first-order valence-corrected chi connectivity index (χ1v) is 9.05. The van der Waals surface area contributed by atoms with Gasteiger partial charge in [0.2, 0.25) is 0 Å². The van der Waals surface area contributed by atoms with E-state index in [0.717, 1.165) is 35.2 Å². The monoisotopic (exact) mass is 384 g/mol. The van der Waals surface area contributed by atoms with E-state index in [4.69, 9.17) is 22.6 Å². The molecular weight excluding hydrogens is 364 g/mol. The zero-order valence-corrected chi connectivity index (χ0v) is 15.3. The molecule has 1 heterocycles. The van der Waals surface area contributed by atoms with Crippen molar-refractivity contribution in [2.75, 3.05) is 21.3 Å². The summed E-state index contributed by atoms with van der Waals surface area (Å²) in [5.74, 6) is -0.925. The Morgan fingerprint density at radius 3 is 1.88 bits per heavy atom. The Balaban J connectivity index is 2.92. The Bertz CT molecular complexity index is 652. The van der Waals surface area contributed by atoms with Gasteiger partial charge >= 0.3 is 143 Å². The number of rotatable bonds is 5. The maximum atomic E-state index is 14.4. The molecule has 1 aliphatic rings. The number of benzene rings is 1. The number of Topliss-reactive ketones (excluding diaryl/α,β-unsaturated/α-hetero) is 1. The number of hydrogen-bond donors (Lipinski definition) is 0. The molecule has 0 aromatic heterocycles. The molecule has 0 bridgehead atoms. The first-order chi connectivity index (χ1) is 11.5. The van der Waals surface area contributed by atoms with Crippen LogP contribution in [0.5, 0.6) is 0 Å². The molecule has 2 unspecified atom stereocenters. The second-order valence-electron chi connectivity index (χ2n) is 5.61. The van der Waals surface area contributed by atoms with E-state index in [1.807, 2.05) is 0 Å². The topological polar surface area (TPSA) is 63.2 Å². The van der Waals surface area contributed by atoms with Crippen LogP contribution in [-0.4, -0.2) is 38.9 Å². The van der Waals surface area contributed by atoms with Gasteiger partial charge < -0.3 is 0 Å². The van der Waals surface area contributed by atoms with Crippen molar-refractivity contribution < 1.29 is 40.6 Å². The van der Waals surface area contributed by atoms with Crippen LogP contribution in [0.15, 0.2) is 30.3 Å². The fourth-order valence-electron chi connectivity index (χ4n) is 2.94. The first-order valence-electron chi connectivity index (χ1n) is 7.23. The zero-order chi connectivity index (χ0) is 19.2. The van der Waals surface area contributed by atoms with Gasteiger partial charge in [0.05, 0.1) is 0 Å². The fraction of sp³-hybridized carbons (Fsp3) is 0.533. The Morgan fingerprint density at radius 2 is 1.52 bits per heavy atom. The van der Waals surface area contributed by atoms with Gasteiger partial charge in [0.15, 0.2) is 0 Å². The molecule has 2 rings (SSSR count). The van der Waals surface area contributed by atoms with Crippen LogP contribution >= 0.6 is 7.74 Å².